The first-order chi connectivity index (χ1) is 14.1. The van der Waals surface area contributed by atoms with E-state index in [4.69, 9.17) is 0 Å². The van der Waals surface area contributed by atoms with Crippen LogP contribution in [0.5, 0.6) is 0 Å². The molecule has 2 N–H and O–H groups in total. The highest BCUT2D eigenvalue weighted by molar-refractivity contribution is 7.10. The molecule has 1 unspecified atom stereocenters. The van der Waals surface area contributed by atoms with E-state index in [2.05, 4.69) is 0 Å². The summed E-state index contributed by atoms with van der Waals surface area (Å²) < 4.78 is 0. The fraction of sp³-hybridized carbons (Fsp3) is 0.0909. The maximum absolute atomic E-state index is 12.2. The third kappa shape index (κ3) is 3.48. The van der Waals surface area contributed by atoms with Crippen molar-refractivity contribution >= 4 is 34.7 Å². The molecule has 1 aliphatic heterocycles. The van der Waals surface area contributed by atoms with Crippen molar-refractivity contribution in [2.45, 2.75) is 6.17 Å². The van der Waals surface area contributed by atoms with E-state index < -0.39 is 18.1 Å². The summed E-state index contributed by atoms with van der Waals surface area (Å²) in [6.07, 6.45) is -0.492. The molecule has 7 heteroatoms. The Morgan fingerprint density at radius 3 is 1.97 bits per heavy atom. The van der Waals surface area contributed by atoms with Crippen LogP contribution in [0, 0.1) is 0 Å². The minimum Gasteiger partial charge on any atom is -0.478 e. The number of hydrogen-bond donors (Lipinski definition) is 2. The standard InChI is InChI=1S/C22H18N2O4S/c25-21(26)17-14-23(15-8-3-1-4-9-15)20(18-12-7-13-29-18)24(19(17)22(27)28)16-10-5-2-6-11-16/h1-13,20H,14H2,(H,25,26)(H,27,28). The predicted octanol–water partition coefficient (Wildman–Crippen LogP) is 4.20. The molecular weight excluding hydrogens is 388 g/mol. The van der Waals surface area contributed by atoms with E-state index in [1.54, 1.807) is 17.0 Å². The molecular formula is C22H18N2O4S. The van der Waals surface area contributed by atoms with Crippen molar-refractivity contribution in [2.24, 2.45) is 0 Å². The first kappa shape index (κ1) is 18.8. The molecule has 4 rings (SSSR count). The zero-order chi connectivity index (χ0) is 20.4. The van der Waals surface area contributed by atoms with Gasteiger partial charge in [0.05, 0.1) is 12.1 Å². The number of hydrogen-bond acceptors (Lipinski definition) is 5. The topological polar surface area (TPSA) is 81.1 Å². The van der Waals surface area contributed by atoms with Gasteiger partial charge in [-0.3, -0.25) is 0 Å². The normalized spacial score (nSPS) is 16.8. The Morgan fingerprint density at radius 2 is 1.45 bits per heavy atom. The quantitative estimate of drug-likeness (QED) is 0.661. The zero-order valence-electron chi connectivity index (χ0n) is 15.3. The molecule has 0 amide bonds. The molecule has 0 bridgehead atoms. The molecule has 6 nitrogen and oxygen atoms in total. The van der Waals surface area contributed by atoms with Gasteiger partial charge in [-0.2, -0.15) is 0 Å². The third-order valence-corrected chi connectivity index (χ3v) is 5.69. The molecule has 0 spiro atoms. The summed E-state index contributed by atoms with van der Waals surface area (Å²) in [5, 5.41) is 21.7. The van der Waals surface area contributed by atoms with Crippen molar-refractivity contribution in [3.63, 3.8) is 0 Å². The van der Waals surface area contributed by atoms with Crippen LogP contribution in [0.4, 0.5) is 11.4 Å². The summed E-state index contributed by atoms with van der Waals surface area (Å²) in [5.74, 6) is -2.51. The fourth-order valence-corrected chi connectivity index (χ4v) is 4.40. The van der Waals surface area contributed by atoms with E-state index in [0.29, 0.717) is 5.69 Å². The molecule has 1 atom stereocenters. The molecule has 146 valence electrons. The van der Waals surface area contributed by atoms with Gasteiger partial charge in [-0.15, -0.1) is 11.3 Å². The van der Waals surface area contributed by atoms with Gasteiger partial charge in [-0.1, -0.05) is 42.5 Å². The van der Waals surface area contributed by atoms with Gasteiger partial charge >= 0.3 is 11.9 Å². The number of para-hydroxylation sites is 2. The lowest BCUT2D eigenvalue weighted by Gasteiger charge is -2.46. The second-order valence-corrected chi connectivity index (χ2v) is 7.47. The number of nitrogens with zero attached hydrogens (tertiary/aromatic N) is 2. The monoisotopic (exact) mass is 406 g/mol. The molecule has 1 aromatic heterocycles. The third-order valence-electron chi connectivity index (χ3n) is 4.78. The molecule has 29 heavy (non-hydrogen) atoms. The van der Waals surface area contributed by atoms with Crippen LogP contribution in [0.1, 0.15) is 11.0 Å². The summed E-state index contributed by atoms with van der Waals surface area (Å²) in [7, 11) is 0. The summed E-state index contributed by atoms with van der Waals surface area (Å²) in [4.78, 5) is 28.7. The molecule has 3 aromatic rings. The highest BCUT2D eigenvalue weighted by Crippen LogP contribution is 2.42. The number of anilines is 2. The van der Waals surface area contributed by atoms with Gasteiger partial charge in [0.2, 0.25) is 0 Å². The molecule has 0 aliphatic carbocycles. The van der Waals surface area contributed by atoms with E-state index in [0.717, 1.165) is 10.6 Å². The smallest absolute Gasteiger partial charge is 0.353 e. The van der Waals surface area contributed by atoms with Gasteiger partial charge < -0.3 is 20.0 Å². The largest absolute Gasteiger partial charge is 0.478 e. The first-order valence-electron chi connectivity index (χ1n) is 8.97. The number of benzene rings is 2. The highest BCUT2D eigenvalue weighted by Gasteiger charge is 2.41. The van der Waals surface area contributed by atoms with E-state index in [1.165, 1.54) is 11.3 Å². The maximum atomic E-state index is 12.2. The van der Waals surface area contributed by atoms with Crippen LogP contribution in [0.3, 0.4) is 0 Å². The lowest BCUT2D eigenvalue weighted by Crippen LogP contribution is -2.50. The van der Waals surface area contributed by atoms with Crippen molar-refractivity contribution in [1.82, 2.24) is 0 Å². The van der Waals surface area contributed by atoms with Crippen LogP contribution >= 0.6 is 11.3 Å². The molecule has 2 heterocycles. The van der Waals surface area contributed by atoms with Crippen LogP contribution < -0.4 is 9.80 Å². The van der Waals surface area contributed by atoms with Crippen molar-refractivity contribution in [1.29, 1.82) is 0 Å². The zero-order valence-corrected chi connectivity index (χ0v) is 16.1. The average molecular weight is 406 g/mol. The van der Waals surface area contributed by atoms with Crippen LogP contribution in [-0.4, -0.2) is 28.7 Å². The number of thiophene rings is 1. The average Bonchev–Trinajstić information content (AvgIpc) is 3.27. The van der Waals surface area contributed by atoms with E-state index in [-0.39, 0.29) is 17.8 Å². The minimum absolute atomic E-state index is 0.0210. The minimum atomic E-state index is -1.26. The fourth-order valence-electron chi connectivity index (χ4n) is 3.57. The maximum Gasteiger partial charge on any atom is 0.353 e. The van der Waals surface area contributed by atoms with Gasteiger partial charge in [0, 0.05) is 16.3 Å². The summed E-state index contributed by atoms with van der Waals surface area (Å²) >= 11 is 1.50. The Balaban J connectivity index is 2.00. The summed E-state index contributed by atoms with van der Waals surface area (Å²) in [6.45, 7) is -0.0210. The number of carbonyl (C=O) groups is 2. The van der Waals surface area contributed by atoms with E-state index in [1.807, 2.05) is 70.9 Å². The molecule has 0 fully saturated rings. The van der Waals surface area contributed by atoms with Crippen LogP contribution in [0.15, 0.2) is 89.4 Å². The van der Waals surface area contributed by atoms with Crippen LogP contribution in [0.25, 0.3) is 0 Å². The van der Waals surface area contributed by atoms with Gasteiger partial charge in [-0.25, -0.2) is 9.59 Å². The van der Waals surface area contributed by atoms with Gasteiger partial charge in [0.1, 0.15) is 11.9 Å². The Bertz CT molecular complexity index is 1050. The Labute approximate surface area is 171 Å². The van der Waals surface area contributed by atoms with Crippen molar-refractivity contribution in [2.75, 3.05) is 16.3 Å². The van der Waals surface area contributed by atoms with Crippen molar-refractivity contribution < 1.29 is 19.8 Å². The van der Waals surface area contributed by atoms with Gasteiger partial charge in [0.25, 0.3) is 0 Å². The van der Waals surface area contributed by atoms with Gasteiger partial charge in [0.15, 0.2) is 0 Å². The van der Waals surface area contributed by atoms with E-state index >= 15 is 0 Å². The Morgan fingerprint density at radius 1 is 0.828 bits per heavy atom. The molecule has 2 aromatic carbocycles. The Kier molecular flexibility index (Phi) is 5.05. The van der Waals surface area contributed by atoms with Crippen molar-refractivity contribution in [3.8, 4) is 0 Å². The summed E-state index contributed by atoms with van der Waals surface area (Å²) in [5.41, 5.74) is 1.06. The number of carboxylic acid groups (broad SMARTS) is 2. The van der Waals surface area contributed by atoms with Gasteiger partial charge in [-0.05, 0) is 35.7 Å². The summed E-state index contributed by atoms with van der Waals surface area (Å²) in [6, 6.07) is 22.3. The number of rotatable bonds is 5. The molecule has 0 saturated heterocycles. The molecule has 0 radical (unpaired) electrons. The SMILES string of the molecule is O=C(O)C1=C(C(=O)O)N(c2ccccc2)C(c2cccs2)N(c2ccccc2)C1. The van der Waals surface area contributed by atoms with Crippen LogP contribution in [-0.2, 0) is 9.59 Å². The second-order valence-electron chi connectivity index (χ2n) is 6.50. The van der Waals surface area contributed by atoms with Crippen LogP contribution in [0.2, 0.25) is 0 Å². The Hall–Kier alpha value is -3.58. The van der Waals surface area contributed by atoms with Crippen molar-refractivity contribution in [3.05, 3.63) is 94.3 Å². The molecule has 0 saturated carbocycles. The molecule has 1 aliphatic rings. The predicted molar refractivity (Wildman–Crippen MR) is 112 cm³/mol. The highest BCUT2D eigenvalue weighted by atomic mass is 32.1. The second kappa shape index (κ2) is 7.81. The lowest BCUT2D eigenvalue weighted by atomic mass is 10.0. The number of aliphatic carboxylic acids is 2. The lowest BCUT2D eigenvalue weighted by molar-refractivity contribution is -0.136. The first-order valence-corrected chi connectivity index (χ1v) is 9.85. The van der Waals surface area contributed by atoms with E-state index in [9.17, 15) is 19.8 Å². The number of carboxylic acids is 2.